The van der Waals surface area contributed by atoms with Crippen molar-refractivity contribution in [3.05, 3.63) is 0 Å². The van der Waals surface area contributed by atoms with Gasteiger partial charge in [0.05, 0.1) is 0 Å². The second-order valence-corrected chi connectivity index (χ2v) is 3.23. The summed E-state index contributed by atoms with van der Waals surface area (Å²) in [6, 6.07) is 0.271. The van der Waals surface area contributed by atoms with Crippen LogP contribution in [-0.4, -0.2) is 19.3 Å². The van der Waals surface area contributed by atoms with Crippen molar-refractivity contribution < 1.29 is 4.74 Å². The number of nitrogens with two attached hydrogens (primary N) is 1. The minimum atomic E-state index is 0.271. The molecule has 1 unspecified atom stereocenters. The van der Waals surface area contributed by atoms with Gasteiger partial charge in [0.15, 0.2) is 0 Å². The first-order valence-corrected chi connectivity index (χ1v) is 3.96. The molecule has 1 atom stereocenters. The van der Waals surface area contributed by atoms with Crippen molar-refractivity contribution in [3.8, 4) is 0 Å². The molecular formula is C8H19NO. The van der Waals surface area contributed by atoms with E-state index < -0.39 is 0 Å². The Morgan fingerprint density at radius 3 is 2.30 bits per heavy atom. The van der Waals surface area contributed by atoms with Crippen LogP contribution in [0.25, 0.3) is 0 Å². The van der Waals surface area contributed by atoms with Crippen LogP contribution in [0.3, 0.4) is 0 Å². The van der Waals surface area contributed by atoms with E-state index in [1.165, 1.54) is 0 Å². The van der Waals surface area contributed by atoms with Crippen LogP contribution in [0.5, 0.6) is 0 Å². The summed E-state index contributed by atoms with van der Waals surface area (Å²) < 4.78 is 5.33. The van der Waals surface area contributed by atoms with Crippen molar-refractivity contribution in [2.24, 2.45) is 11.7 Å². The lowest BCUT2D eigenvalue weighted by atomic mass is 10.2. The summed E-state index contributed by atoms with van der Waals surface area (Å²) in [6.07, 6.45) is 0.965. The number of ether oxygens (including phenoxy) is 1. The SMILES string of the molecule is CC(C)COCCC(C)N. The van der Waals surface area contributed by atoms with E-state index in [4.69, 9.17) is 10.5 Å². The van der Waals surface area contributed by atoms with E-state index in [0.717, 1.165) is 19.6 Å². The molecule has 0 bridgehead atoms. The molecule has 0 aromatic carbocycles. The van der Waals surface area contributed by atoms with Crippen molar-refractivity contribution >= 4 is 0 Å². The summed E-state index contributed by atoms with van der Waals surface area (Å²) in [7, 11) is 0. The molecule has 0 spiro atoms. The van der Waals surface area contributed by atoms with Gasteiger partial charge >= 0.3 is 0 Å². The second-order valence-electron chi connectivity index (χ2n) is 3.23. The van der Waals surface area contributed by atoms with Gasteiger partial charge in [0.2, 0.25) is 0 Å². The van der Waals surface area contributed by atoms with E-state index in [2.05, 4.69) is 13.8 Å². The highest BCUT2D eigenvalue weighted by Crippen LogP contribution is 1.94. The zero-order valence-corrected chi connectivity index (χ0v) is 7.26. The molecule has 0 saturated carbocycles. The third-order valence-electron chi connectivity index (χ3n) is 1.17. The maximum absolute atomic E-state index is 5.53. The van der Waals surface area contributed by atoms with Crippen molar-refractivity contribution in [1.29, 1.82) is 0 Å². The summed E-state index contributed by atoms with van der Waals surface area (Å²) in [5, 5.41) is 0. The van der Waals surface area contributed by atoms with Gasteiger partial charge in [-0.3, -0.25) is 0 Å². The predicted octanol–water partition coefficient (Wildman–Crippen LogP) is 1.40. The molecule has 2 N–H and O–H groups in total. The highest BCUT2D eigenvalue weighted by atomic mass is 16.5. The van der Waals surface area contributed by atoms with Gasteiger partial charge in [-0.1, -0.05) is 13.8 Å². The molecule has 62 valence electrons. The first-order chi connectivity index (χ1) is 4.63. The van der Waals surface area contributed by atoms with Crippen LogP contribution in [0.1, 0.15) is 27.2 Å². The van der Waals surface area contributed by atoms with Crippen LogP contribution < -0.4 is 5.73 Å². The fourth-order valence-electron chi connectivity index (χ4n) is 0.588. The third kappa shape index (κ3) is 7.92. The van der Waals surface area contributed by atoms with E-state index in [0.29, 0.717) is 5.92 Å². The molecule has 0 aromatic heterocycles. The molecule has 2 heteroatoms. The van der Waals surface area contributed by atoms with Gasteiger partial charge in [-0.15, -0.1) is 0 Å². The predicted molar refractivity (Wildman–Crippen MR) is 43.9 cm³/mol. The van der Waals surface area contributed by atoms with Gasteiger partial charge in [0.1, 0.15) is 0 Å². The Balaban J connectivity index is 2.91. The number of rotatable bonds is 5. The lowest BCUT2D eigenvalue weighted by Crippen LogP contribution is -2.17. The first-order valence-electron chi connectivity index (χ1n) is 3.96. The summed E-state index contributed by atoms with van der Waals surface area (Å²) in [5.41, 5.74) is 5.53. The quantitative estimate of drug-likeness (QED) is 0.593. The molecule has 0 saturated heterocycles. The van der Waals surface area contributed by atoms with Crippen LogP contribution in [0.15, 0.2) is 0 Å². The average molecular weight is 145 g/mol. The Hall–Kier alpha value is -0.0800. The van der Waals surface area contributed by atoms with Gasteiger partial charge in [0, 0.05) is 19.3 Å². The summed E-state index contributed by atoms with van der Waals surface area (Å²) in [5.74, 6) is 0.632. The van der Waals surface area contributed by atoms with Gasteiger partial charge in [0.25, 0.3) is 0 Å². The lowest BCUT2D eigenvalue weighted by molar-refractivity contribution is 0.105. The minimum absolute atomic E-state index is 0.271. The largest absolute Gasteiger partial charge is 0.381 e. The maximum Gasteiger partial charge on any atom is 0.0489 e. The zero-order chi connectivity index (χ0) is 7.98. The van der Waals surface area contributed by atoms with E-state index in [-0.39, 0.29) is 6.04 Å². The first kappa shape index (κ1) is 9.92. The van der Waals surface area contributed by atoms with Gasteiger partial charge in [-0.25, -0.2) is 0 Å². The Morgan fingerprint density at radius 2 is 1.90 bits per heavy atom. The maximum atomic E-state index is 5.53. The molecule has 0 rings (SSSR count). The fourth-order valence-corrected chi connectivity index (χ4v) is 0.588. The molecular weight excluding hydrogens is 126 g/mol. The molecule has 0 radical (unpaired) electrons. The zero-order valence-electron chi connectivity index (χ0n) is 7.26. The fraction of sp³-hybridized carbons (Fsp3) is 1.00. The highest BCUT2D eigenvalue weighted by Gasteiger charge is 1.95. The van der Waals surface area contributed by atoms with Crippen molar-refractivity contribution in [2.75, 3.05) is 13.2 Å². The summed E-state index contributed by atoms with van der Waals surface area (Å²) in [6.45, 7) is 7.94. The average Bonchev–Trinajstić information content (AvgIpc) is 1.79. The van der Waals surface area contributed by atoms with E-state index in [1.807, 2.05) is 6.92 Å². The van der Waals surface area contributed by atoms with Crippen LogP contribution in [-0.2, 0) is 4.74 Å². The van der Waals surface area contributed by atoms with Crippen molar-refractivity contribution in [1.82, 2.24) is 0 Å². The monoisotopic (exact) mass is 145 g/mol. The van der Waals surface area contributed by atoms with Crippen molar-refractivity contribution in [3.63, 3.8) is 0 Å². The molecule has 0 aromatic rings. The van der Waals surface area contributed by atoms with Crippen LogP contribution in [0, 0.1) is 5.92 Å². The smallest absolute Gasteiger partial charge is 0.0489 e. The van der Waals surface area contributed by atoms with Gasteiger partial charge in [-0.2, -0.15) is 0 Å². The van der Waals surface area contributed by atoms with E-state index in [1.54, 1.807) is 0 Å². The minimum Gasteiger partial charge on any atom is -0.381 e. The summed E-state index contributed by atoms with van der Waals surface area (Å²) in [4.78, 5) is 0. The molecule has 0 aliphatic carbocycles. The molecule has 0 fully saturated rings. The Labute approximate surface area is 63.7 Å². The highest BCUT2D eigenvalue weighted by molar-refractivity contribution is 4.50. The van der Waals surface area contributed by atoms with Crippen LogP contribution in [0.2, 0.25) is 0 Å². The molecule has 2 nitrogen and oxygen atoms in total. The summed E-state index contributed by atoms with van der Waals surface area (Å²) >= 11 is 0. The normalized spacial score (nSPS) is 14.1. The van der Waals surface area contributed by atoms with Gasteiger partial charge < -0.3 is 10.5 Å². The Bertz CT molecular complexity index is 61.7. The standard InChI is InChI=1S/C8H19NO/c1-7(2)6-10-5-4-8(3)9/h7-8H,4-6,9H2,1-3H3. The Kier molecular flexibility index (Phi) is 5.64. The number of hydrogen-bond acceptors (Lipinski definition) is 2. The molecule has 0 heterocycles. The molecule has 0 amide bonds. The Morgan fingerprint density at radius 1 is 1.30 bits per heavy atom. The van der Waals surface area contributed by atoms with Crippen molar-refractivity contribution in [2.45, 2.75) is 33.2 Å². The second kappa shape index (κ2) is 5.69. The molecule has 0 aliphatic heterocycles. The third-order valence-corrected chi connectivity index (χ3v) is 1.17. The van der Waals surface area contributed by atoms with E-state index in [9.17, 15) is 0 Å². The molecule has 10 heavy (non-hydrogen) atoms. The number of hydrogen-bond donors (Lipinski definition) is 1. The topological polar surface area (TPSA) is 35.2 Å². The van der Waals surface area contributed by atoms with Gasteiger partial charge in [-0.05, 0) is 19.3 Å². The van der Waals surface area contributed by atoms with E-state index >= 15 is 0 Å². The lowest BCUT2D eigenvalue weighted by Gasteiger charge is -2.07. The van der Waals surface area contributed by atoms with Crippen LogP contribution >= 0.6 is 0 Å². The van der Waals surface area contributed by atoms with Crippen LogP contribution in [0.4, 0.5) is 0 Å². The molecule has 0 aliphatic rings.